The fourth-order valence-electron chi connectivity index (χ4n) is 5.33. The van der Waals surface area contributed by atoms with Gasteiger partial charge in [-0.2, -0.15) is 4.99 Å². The molecule has 2 aliphatic heterocycles. The van der Waals surface area contributed by atoms with Crippen LogP contribution in [0.15, 0.2) is 66.0 Å². The van der Waals surface area contributed by atoms with Crippen molar-refractivity contribution in [1.29, 1.82) is 0 Å². The zero-order valence-electron chi connectivity index (χ0n) is 22.2. The highest BCUT2D eigenvalue weighted by molar-refractivity contribution is 6.06. The van der Waals surface area contributed by atoms with Gasteiger partial charge in [-0.05, 0) is 29.8 Å². The summed E-state index contributed by atoms with van der Waals surface area (Å²) < 4.78 is 34.8. The molecule has 3 heterocycles. The molecule has 2 fully saturated rings. The lowest BCUT2D eigenvalue weighted by Crippen LogP contribution is -2.41. The maximum atomic E-state index is 14.1. The number of hydrogen-bond donors (Lipinski definition) is 2. The summed E-state index contributed by atoms with van der Waals surface area (Å²) in [7, 11) is 3.54. The quantitative estimate of drug-likeness (QED) is 0.479. The number of carbonyl (C=O) groups excluding carboxylic acids is 1. The van der Waals surface area contributed by atoms with Crippen LogP contribution in [-0.4, -0.2) is 65.7 Å². The van der Waals surface area contributed by atoms with E-state index in [9.17, 15) is 13.6 Å². The molecule has 39 heavy (non-hydrogen) atoms. The van der Waals surface area contributed by atoms with E-state index < -0.39 is 17.7 Å². The van der Waals surface area contributed by atoms with Crippen LogP contribution in [-0.2, 0) is 11.8 Å². The Labute approximate surface area is 226 Å². The Morgan fingerprint density at radius 2 is 1.97 bits per heavy atom. The minimum Gasteiger partial charge on any atom is -0.383 e. The van der Waals surface area contributed by atoms with Crippen LogP contribution in [0.2, 0.25) is 0 Å². The normalized spacial score (nSPS) is 24.5. The number of methoxy groups -OCH3 is 1. The Hall–Kier alpha value is -3.67. The molecule has 2 N–H and O–H groups in total. The summed E-state index contributed by atoms with van der Waals surface area (Å²) in [4.78, 5) is 24.6. The van der Waals surface area contributed by atoms with Crippen LogP contribution in [0.1, 0.15) is 30.1 Å². The monoisotopic (exact) mass is 537 g/mol. The van der Waals surface area contributed by atoms with Gasteiger partial charge in [0, 0.05) is 51.8 Å². The van der Waals surface area contributed by atoms with Crippen molar-refractivity contribution in [2.45, 2.75) is 24.9 Å². The molecule has 0 spiro atoms. The number of carbonyl (C=O) groups is 1. The van der Waals surface area contributed by atoms with Crippen molar-refractivity contribution in [3.8, 4) is 0 Å². The summed E-state index contributed by atoms with van der Waals surface area (Å²) in [6.45, 7) is 4.30. The number of aliphatic imine (C=N–C) groups is 1. The number of amidine groups is 1. The number of aromatic nitrogens is 2. The Morgan fingerprint density at radius 3 is 2.67 bits per heavy atom. The van der Waals surface area contributed by atoms with Crippen molar-refractivity contribution < 1.29 is 18.3 Å². The van der Waals surface area contributed by atoms with Crippen molar-refractivity contribution in [3.63, 3.8) is 0 Å². The molecule has 206 valence electrons. The highest BCUT2D eigenvalue weighted by Crippen LogP contribution is 2.33. The number of amides is 2. The second-order valence-electron chi connectivity index (χ2n) is 10.1. The Bertz CT molecular complexity index is 1330. The second-order valence-corrected chi connectivity index (χ2v) is 10.1. The minimum atomic E-state index is -0.905. The van der Waals surface area contributed by atoms with Crippen molar-refractivity contribution in [1.82, 2.24) is 25.2 Å². The van der Waals surface area contributed by atoms with Gasteiger partial charge in [0.2, 0.25) is 0 Å². The molecule has 2 saturated heterocycles. The van der Waals surface area contributed by atoms with Gasteiger partial charge < -0.3 is 14.6 Å². The number of likely N-dealkylation sites (tertiary alicyclic amines) is 1. The van der Waals surface area contributed by atoms with Crippen LogP contribution < -0.4 is 15.8 Å². The Morgan fingerprint density at radius 1 is 1.18 bits per heavy atom. The number of hydrazine groups is 1. The summed E-state index contributed by atoms with van der Waals surface area (Å²) >= 11 is 0. The third-order valence-electron chi connectivity index (χ3n) is 7.37. The smallest absolute Gasteiger partial charge is 0.342 e. The second kappa shape index (κ2) is 11.6. The van der Waals surface area contributed by atoms with E-state index >= 15 is 0 Å². The third kappa shape index (κ3) is 5.85. The van der Waals surface area contributed by atoms with E-state index in [0.29, 0.717) is 37.6 Å². The van der Waals surface area contributed by atoms with Crippen molar-refractivity contribution in [2.75, 3.05) is 38.4 Å². The first kappa shape index (κ1) is 26.9. The van der Waals surface area contributed by atoms with Gasteiger partial charge in [0.05, 0.1) is 36.4 Å². The topological polar surface area (TPSA) is 87.0 Å². The minimum absolute atomic E-state index is 0.158. The number of nitrogens with one attached hydrogen (secondary N) is 2. The zero-order chi connectivity index (χ0) is 27.5. The largest absolute Gasteiger partial charge is 0.383 e. The maximum Gasteiger partial charge on any atom is 0.342 e. The number of benzene rings is 2. The first-order valence-corrected chi connectivity index (χ1v) is 13.0. The number of para-hydroxylation sites is 1. The third-order valence-corrected chi connectivity index (χ3v) is 7.37. The highest BCUT2D eigenvalue weighted by Gasteiger charge is 2.40. The first-order valence-electron chi connectivity index (χ1n) is 13.0. The zero-order valence-corrected chi connectivity index (χ0v) is 22.2. The molecule has 1 aromatic heterocycles. The molecule has 2 amide bonds. The Kier molecular flexibility index (Phi) is 8.01. The standard InChI is InChI=1S/C28H33F2N7O2/c1-18-26(25-15-35(2)17-31-25)34-37(20-7-5-4-6-8-20)27(18)33-28(38)32-24-16-36(11-12-39-3)14-21(24)19-9-10-22(29)23(30)13-19/h4-10,13,15,17-18,21,24,26,34H,11-12,14,16H2,1-3H3,(H,32,38). The number of rotatable bonds is 7. The average Bonchev–Trinajstić information content (AvgIpc) is 3.62. The lowest BCUT2D eigenvalue weighted by molar-refractivity contribution is 0.159. The van der Waals surface area contributed by atoms with E-state index in [4.69, 9.17) is 4.74 Å². The van der Waals surface area contributed by atoms with E-state index in [1.165, 1.54) is 6.07 Å². The lowest BCUT2D eigenvalue weighted by atomic mass is 9.94. The van der Waals surface area contributed by atoms with Crippen molar-refractivity contribution >= 4 is 17.6 Å². The van der Waals surface area contributed by atoms with Crippen molar-refractivity contribution in [2.24, 2.45) is 18.0 Å². The number of anilines is 1. The highest BCUT2D eigenvalue weighted by atomic mass is 19.2. The van der Waals surface area contributed by atoms with Crippen LogP contribution in [0, 0.1) is 17.6 Å². The predicted molar refractivity (Wildman–Crippen MR) is 144 cm³/mol. The lowest BCUT2D eigenvalue weighted by Gasteiger charge is -2.21. The van der Waals surface area contributed by atoms with Gasteiger partial charge >= 0.3 is 6.03 Å². The fourth-order valence-corrected chi connectivity index (χ4v) is 5.33. The van der Waals surface area contributed by atoms with E-state index in [2.05, 4.69) is 25.6 Å². The van der Waals surface area contributed by atoms with Crippen LogP contribution in [0.3, 0.4) is 0 Å². The molecule has 0 saturated carbocycles. The number of imidazole rings is 1. The number of urea groups is 1. The summed E-state index contributed by atoms with van der Waals surface area (Å²) in [5.41, 5.74) is 5.78. The first-order chi connectivity index (χ1) is 18.8. The molecule has 0 bridgehead atoms. The SMILES string of the molecule is COCCN1CC(NC(=O)N=C2C(C)C(c3cn(C)cn3)NN2c2ccccc2)C(c2ccc(F)c(F)c2)C1. The predicted octanol–water partition coefficient (Wildman–Crippen LogP) is 3.62. The van der Waals surface area contributed by atoms with E-state index in [0.717, 1.165) is 17.4 Å². The summed E-state index contributed by atoms with van der Waals surface area (Å²) in [6, 6.07) is 12.6. The van der Waals surface area contributed by atoms with Crippen LogP contribution >= 0.6 is 0 Å². The number of nitrogens with zero attached hydrogens (tertiary/aromatic N) is 5. The van der Waals surface area contributed by atoms with Gasteiger partial charge in [-0.15, -0.1) is 0 Å². The van der Waals surface area contributed by atoms with Crippen molar-refractivity contribution in [3.05, 3.63) is 83.9 Å². The molecule has 4 unspecified atom stereocenters. The van der Waals surface area contributed by atoms with Crippen LogP contribution in [0.25, 0.3) is 0 Å². The van der Waals surface area contributed by atoms with E-state index in [-0.39, 0.29) is 23.9 Å². The number of hydrogen-bond acceptors (Lipinski definition) is 5. The van der Waals surface area contributed by atoms with Crippen LogP contribution in [0.5, 0.6) is 0 Å². The summed E-state index contributed by atoms with van der Waals surface area (Å²) in [5.74, 6) is -1.63. The summed E-state index contributed by atoms with van der Waals surface area (Å²) in [6.07, 6.45) is 3.69. The van der Waals surface area contributed by atoms with Gasteiger partial charge in [0.15, 0.2) is 11.6 Å². The molecule has 0 radical (unpaired) electrons. The van der Waals surface area contributed by atoms with Gasteiger partial charge in [-0.25, -0.2) is 24.0 Å². The van der Waals surface area contributed by atoms with Crippen LogP contribution in [0.4, 0.5) is 19.3 Å². The molecule has 11 heteroatoms. The fraction of sp³-hybridized carbons (Fsp3) is 0.393. The molecule has 3 aromatic rings. The average molecular weight is 538 g/mol. The molecule has 4 atom stereocenters. The molecule has 5 rings (SSSR count). The Balaban J connectivity index is 1.40. The van der Waals surface area contributed by atoms with E-state index in [1.807, 2.05) is 60.1 Å². The van der Waals surface area contributed by atoms with Gasteiger partial charge in [0.25, 0.3) is 0 Å². The maximum absolute atomic E-state index is 14.1. The molecule has 0 aliphatic carbocycles. The number of halogens is 2. The molecule has 2 aromatic carbocycles. The number of ether oxygens (including phenoxy) is 1. The van der Waals surface area contributed by atoms with Gasteiger partial charge in [-0.1, -0.05) is 31.2 Å². The van der Waals surface area contributed by atoms with Gasteiger partial charge in [0.1, 0.15) is 5.84 Å². The molecular weight excluding hydrogens is 504 g/mol. The molecular formula is C28H33F2N7O2. The van der Waals surface area contributed by atoms with Gasteiger partial charge in [-0.3, -0.25) is 9.91 Å². The molecule has 2 aliphatic rings. The van der Waals surface area contributed by atoms with E-state index in [1.54, 1.807) is 19.5 Å². The number of aryl methyl sites for hydroxylation is 1. The summed E-state index contributed by atoms with van der Waals surface area (Å²) in [5, 5.41) is 4.88. The molecule has 9 nitrogen and oxygen atoms in total.